The number of aromatic hydroxyl groups is 1. The third-order valence-corrected chi connectivity index (χ3v) is 3.70. The number of carbonyl (C=O) groups is 1. The van der Waals surface area contributed by atoms with E-state index in [1.165, 1.54) is 5.56 Å². The molecule has 0 spiro atoms. The van der Waals surface area contributed by atoms with Gasteiger partial charge in [0, 0.05) is 13.1 Å². The Labute approximate surface area is 118 Å². The highest BCUT2D eigenvalue weighted by molar-refractivity contribution is 9.10. The van der Waals surface area contributed by atoms with E-state index in [0.29, 0.717) is 23.5 Å². The molecule has 98 valence electrons. The van der Waals surface area contributed by atoms with Gasteiger partial charge >= 0.3 is 0 Å². The van der Waals surface area contributed by atoms with Crippen LogP contribution in [0.4, 0.5) is 0 Å². The second-order valence-electron chi connectivity index (χ2n) is 4.53. The van der Waals surface area contributed by atoms with Crippen LogP contribution < -0.4 is 0 Å². The molecule has 2 aromatic rings. The lowest BCUT2D eigenvalue weighted by atomic mass is 9.99. The fourth-order valence-corrected chi connectivity index (χ4v) is 2.61. The molecule has 1 aliphatic rings. The standard InChI is InChI=1S/C14H12BrNO3/c15-13-4-3-12(19-13)14(18)16-6-5-9-1-2-11(17)7-10(9)8-16/h1-4,7,17H,5-6,8H2. The van der Waals surface area contributed by atoms with Crippen LogP contribution in [0.2, 0.25) is 0 Å². The first-order chi connectivity index (χ1) is 9.13. The van der Waals surface area contributed by atoms with Gasteiger partial charge in [-0.1, -0.05) is 6.07 Å². The molecule has 19 heavy (non-hydrogen) atoms. The summed E-state index contributed by atoms with van der Waals surface area (Å²) in [6, 6.07) is 8.67. The molecule has 0 atom stereocenters. The Bertz CT molecular complexity index is 635. The second-order valence-corrected chi connectivity index (χ2v) is 5.32. The Morgan fingerprint density at radius 2 is 2.11 bits per heavy atom. The number of furan rings is 1. The Kier molecular flexibility index (Phi) is 3.06. The Balaban J connectivity index is 1.83. The summed E-state index contributed by atoms with van der Waals surface area (Å²) in [6.45, 7) is 1.16. The van der Waals surface area contributed by atoms with Gasteiger partial charge in [0.25, 0.3) is 5.91 Å². The van der Waals surface area contributed by atoms with Crippen LogP contribution in [0.1, 0.15) is 21.7 Å². The lowest BCUT2D eigenvalue weighted by Crippen LogP contribution is -2.35. The van der Waals surface area contributed by atoms with Crippen LogP contribution in [-0.4, -0.2) is 22.5 Å². The summed E-state index contributed by atoms with van der Waals surface area (Å²) in [5.41, 5.74) is 2.17. The summed E-state index contributed by atoms with van der Waals surface area (Å²) in [5.74, 6) is 0.434. The number of fused-ring (bicyclic) bond motifs is 1. The zero-order chi connectivity index (χ0) is 13.4. The quantitative estimate of drug-likeness (QED) is 0.878. The number of hydrogen-bond donors (Lipinski definition) is 1. The molecule has 0 bridgehead atoms. The lowest BCUT2D eigenvalue weighted by Gasteiger charge is -2.28. The monoisotopic (exact) mass is 321 g/mol. The second kappa shape index (κ2) is 4.74. The summed E-state index contributed by atoms with van der Waals surface area (Å²) in [7, 11) is 0. The minimum atomic E-state index is -0.125. The number of benzene rings is 1. The molecule has 2 heterocycles. The zero-order valence-corrected chi connectivity index (χ0v) is 11.7. The minimum Gasteiger partial charge on any atom is -0.508 e. The Hall–Kier alpha value is -1.75. The van der Waals surface area contributed by atoms with E-state index in [0.717, 1.165) is 12.0 Å². The van der Waals surface area contributed by atoms with Crippen LogP contribution in [0.25, 0.3) is 0 Å². The molecule has 3 rings (SSSR count). The van der Waals surface area contributed by atoms with Crippen LogP contribution >= 0.6 is 15.9 Å². The fraction of sp³-hybridized carbons (Fsp3) is 0.214. The lowest BCUT2D eigenvalue weighted by molar-refractivity contribution is 0.0700. The Morgan fingerprint density at radius 1 is 1.26 bits per heavy atom. The molecule has 0 radical (unpaired) electrons. The maximum atomic E-state index is 12.3. The molecule has 5 heteroatoms. The van der Waals surface area contributed by atoms with E-state index in [1.54, 1.807) is 29.2 Å². The number of phenols is 1. The number of phenolic OH excluding ortho intramolecular Hbond substituents is 1. The molecule has 0 saturated carbocycles. The van der Waals surface area contributed by atoms with Crippen molar-refractivity contribution in [3.63, 3.8) is 0 Å². The minimum absolute atomic E-state index is 0.125. The summed E-state index contributed by atoms with van der Waals surface area (Å²) in [4.78, 5) is 14.0. The van der Waals surface area contributed by atoms with Crippen LogP contribution in [0.15, 0.2) is 39.4 Å². The number of hydrogen-bond acceptors (Lipinski definition) is 3. The van der Waals surface area contributed by atoms with Gasteiger partial charge in [-0.3, -0.25) is 4.79 Å². The van der Waals surface area contributed by atoms with Crippen molar-refractivity contribution in [3.05, 3.63) is 51.9 Å². The molecule has 0 unspecified atom stereocenters. The van der Waals surface area contributed by atoms with Gasteiger partial charge in [-0.2, -0.15) is 0 Å². The van der Waals surface area contributed by atoms with E-state index < -0.39 is 0 Å². The molecule has 1 N–H and O–H groups in total. The summed E-state index contributed by atoms with van der Waals surface area (Å²) in [6.07, 6.45) is 0.795. The number of nitrogens with zero attached hydrogens (tertiary/aromatic N) is 1. The van der Waals surface area contributed by atoms with Crippen molar-refractivity contribution in [2.75, 3.05) is 6.54 Å². The number of carbonyl (C=O) groups excluding carboxylic acids is 1. The topological polar surface area (TPSA) is 53.7 Å². The number of amides is 1. The predicted molar refractivity (Wildman–Crippen MR) is 73.0 cm³/mol. The normalized spacial score (nSPS) is 14.3. The van der Waals surface area contributed by atoms with E-state index in [1.807, 2.05) is 6.07 Å². The third-order valence-electron chi connectivity index (χ3n) is 3.27. The van der Waals surface area contributed by atoms with Gasteiger partial charge in [0.15, 0.2) is 10.4 Å². The molecular formula is C14H12BrNO3. The van der Waals surface area contributed by atoms with Gasteiger partial charge in [-0.25, -0.2) is 0 Å². The zero-order valence-electron chi connectivity index (χ0n) is 10.1. The smallest absolute Gasteiger partial charge is 0.289 e. The van der Waals surface area contributed by atoms with Gasteiger partial charge in [0.1, 0.15) is 5.75 Å². The van der Waals surface area contributed by atoms with Crippen molar-refractivity contribution in [1.82, 2.24) is 4.90 Å². The molecule has 1 aromatic carbocycles. The predicted octanol–water partition coefficient (Wildman–Crippen LogP) is 2.95. The Morgan fingerprint density at radius 3 is 2.84 bits per heavy atom. The highest BCUT2D eigenvalue weighted by atomic mass is 79.9. The van der Waals surface area contributed by atoms with Crippen LogP contribution in [0.5, 0.6) is 5.75 Å². The number of rotatable bonds is 1. The van der Waals surface area contributed by atoms with E-state index in [-0.39, 0.29) is 11.7 Å². The number of halogens is 1. The summed E-state index contributed by atoms with van der Waals surface area (Å²) >= 11 is 3.19. The molecule has 0 fully saturated rings. The first-order valence-electron chi connectivity index (χ1n) is 5.99. The first-order valence-corrected chi connectivity index (χ1v) is 6.78. The van der Waals surface area contributed by atoms with Crippen molar-refractivity contribution in [3.8, 4) is 5.75 Å². The fourth-order valence-electron chi connectivity index (χ4n) is 2.30. The van der Waals surface area contributed by atoms with Crippen molar-refractivity contribution >= 4 is 21.8 Å². The van der Waals surface area contributed by atoms with Crippen molar-refractivity contribution in [2.45, 2.75) is 13.0 Å². The highest BCUT2D eigenvalue weighted by Gasteiger charge is 2.24. The average molecular weight is 322 g/mol. The molecule has 0 aliphatic carbocycles. The van der Waals surface area contributed by atoms with E-state index in [2.05, 4.69) is 15.9 Å². The molecule has 1 aliphatic heterocycles. The van der Waals surface area contributed by atoms with Crippen molar-refractivity contribution < 1.29 is 14.3 Å². The van der Waals surface area contributed by atoms with E-state index >= 15 is 0 Å². The van der Waals surface area contributed by atoms with Crippen LogP contribution in [0, 0.1) is 0 Å². The van der Waals surface area contributed by atoms with E-state index in [4.69, 9.17) is 4.42 Å². The maximum absolute atomic E-state index is 12.3. The van der Waals surface area contributed by atoms with Gasteiger partial charge in [-0.15, -0.1) is 0 Å². The van der Waals surface area contributed by atoms with Gasteiger partial charge in [0.2, 0.25) is 0 Å². The molecule has 1 aromatic heterocycles. The van der Waals surface area contributed by atoms with Crippen molar-refractivity contribution in [2.24, 2.45) is 0 Å². The molecule has 1 amide bonds. The van der Waals surface area contributed by atoms with Gasteiger partial charge in [0.05, 0.1) is 0 Å². The SMILES string of the molecule is O=C(c1ccc(Br)o1)N1CCc2ccc(O)cc2C1. The highest BCUT2D eigenvalue weighted by Crippen LogP contribution is 2.25. The average Bonchev–Trinajstić information content (AvgIpc) is 2.83. The summed E-state index contributed by atoms with van der Waals surface area (Å²) < 4.78 is 5.83. The largest absolute Gasteiger partial charge is 0.508 e. The van der Waals surface area contributed by atoms with Gasteiger partial charge in [-0.05, 0) is 57.7 Å². The molecule has 0 saturated heterocycles. The van der Waals surface area contributed by atoms with Gasteiger partial charge < -0.3 is 14.4 Å². The molecule has 4 nitrogen and oxygen atoms in total. The van der Waals surface area contributed by atoms with Crippen LogP contribution in [-0.2, 0) is 13.0 Å². The van der Waals surface area contributed by atoms with E-state index in [9.17, 15) is 9.90 Å². The molecular weight excluding hydrogens is 310 g/mol. The summed E-state index contributed by atoms with van der Waals surface area (Å²) in [5, 5.41) is 9.51. The maximum Gasteiger partial charge on any atom is 0.289 e. The van der Waals surface area contributed by atoms with Crippen LogP contribution in [0.3, 0.4) is 0 Å². The first kappa shape index (κ1) is 12.3. The third kappa shape index (κ3) is 2.38. The van der Waals surface area contributed by atoms with Crippen molar-refractivity contribution in [1.29, 1.82) is 0 Å².